The molecule has 10 nitrogen and oxygen atoms in total. The van der Waals surface area contributed by atoms with Crippen LogP contribution < -0.4 is 10.5 Å². The minimum atomic E-state index is -1.96. The maximum atomic E-state index is 10.9. The molecule has 4 rings (SSSR count). The first kappa shape index (κ1) is 19.1. The average Bonchev–Trinajstić information content (AvgIpc) is 3.25. The Morgan fingerprint density at radius 2 is 2.03 bits per heavy atom. The molecule has 4 atom stereocenters. The maximum Gasteiger partial charge on any atom is 0.331 e. The molecule has 0 spiro atoms. The highest BCUT2D eigenvalue weighted by molar-refractivity contribution is 5.82. The smallest absolute Gasteiger partial charge is 0.331 e. The number of hydrogen-bond donors (Lipinski definition) is 4. The number of anilines is 1. The fraction of sp³-hybridized carbons (Fsp3) is 0.316. The van der Waals surface area contributed by atoms with Gasteiger partial charge >= 0.3 is 5.91 Å². The summed E-state index contributed by atoms with van der Waals surface area (Å²) in [6.07, 6.45) is -2.78. The lowest BCUT2D eigenvalue weighted by molar-refractivity contribution is -0.268. The molecule has 150 valence electrons. The number of nitrogen functional groups attached to an aromatic ring is 1. The Morgan fingerprint density at radius 1 is 1.28 bits per heavy atom. The number of nitrogens with two attached hydrogens (primary N) is 1. The van der Waals surface area contributed by atoms with Gasteiger partial charge in [0.2, 0.25) is 5.82 Å². The first-order chi connectivity index (χ1) is 14.0. The molecule has 3 heterocycles. The number of rotatable bonds is 4. The van der Waals surface area contributed by atoms with E-state index >= 15 is 0 Å². The van der Waals surface area contributed by atoms with Gasteiger partial charge in [0.25, 0.3) is 0 Å². The Hall–Kier alpha value is -3.23. The Morgan fingerprint density at radius 3 is 2.69 bits per heavy atom. The van der Waals surface area contributed by atoms with E-state index in [1.807, 2.05) is 0 Å². The third-order valence-electron chi connectivity index (χ3n) is 4.58. The number of fused-ring (bicyclic) bond motifs is 1. The highest BCUT2D eigenvalue weighted by atomic mass is 16.8. The van der Waals surface area contributed by atoms with Gasteiger partial charge in [-0.05, 0) is 25.0 Å². The Kier molecular flexibility index (Phi) is 4.81. The minimum absolute atomic E-state index is 0.0908. The number of benzene rings is 1. The van der Waals surface area contributed by atoms with Crippen LogP contribution in [0, 0.1) is 11.8 Å². The van der Waals surface area contributed by atoms with Crippen molar-refractivity contribution in [3.63, 3.8) is 0 Å². The first-order valence-corrected chi connectivity index (χ1v) is 8.83. The molecule has 0 unspecified atom stereocenters. The molecule has 1 fully saturated rings. The van der Waals surface area contributed by atoms with Gasteiger partial charge in [-0.3, -0.25) is 0 Å². The van der Waals surface area contributed by atoms with E-state index in [0.29, 0.717) is 5.75 Å². The van der Waals surface area contributed by atoms with E-state index < -0.39 is 30.8 Å². The molecule has 1 aromatic carbocycles. The molecular weight excluding hydrogens is 378 g/mol. The highest BCUT2D eigenvalue weighted by Gasteiger charge is 2.59. The van der Waals surface area contributed by atoms with E-state index in [9.17, 15) is 15.3 Å². The van der Waals surface area contributed by atoms with Crippen molar-refractivity contribution in [3.05, 3.63) is 42.5 Å². The van der Waals surface area contributed by atoms with Crippen molar-refractivity contribution in [3.8, 4) is 17.6 Å². The lowest BCUT2D eigenvalue weighted by atomic mass is 10.1. The molecule has 0 amide bonds. The molecule has 5 N–H and O–H groups in total. The number of nitrogens with zero attached hydrogens (tertiary/aromatic N) is 4. The number of hydrogen-bond acceptors (Lipinski definition) is 9. The normalized spacial score (nSPS) is 26.3. The molecule has 0 aliphatic carbocycles. The van der Waals surface area contributed by atoms with Crippen LogP contribution in [-0.4, -0.2) is 59.8 Å². The molecule has 1 aliphatic rings. The van der Waals surface area contributed by atoms with Crippen LogP contribution in [0.15, 0.2) is 36.7 Å². The van der Waals surface area contributed by atoms with E-state index in [-0.39, 0.29) is 22.8 Å². The summed E-state index contributed by atoms with van der Waals surface area (Å²) in [4.78, 5) is 12.6. The zero-order chi connectivity index (χ0) is 20.6. The number of ether oxygens (including phenoxy) is 2. The fourth-order valence-corrected chi connectivity index (χ4v) is 3.23. The lowest BCUT2D eigenvalue weighted by Gasteiger charge is -2.33. The van der Waals surface area contributed by atoms with E-state index in [0.717, 1.165) is 0 Å². The zero-order valence-electron chi connectivity index (χ0n) is 15.4. The predicted octanol–water partition coefficient (Wildman–Crippen LogP) is -0.418. The Labute approximate surface area is 165 Å². The average molecular weight is 397 g/mol. The lowest BCUT2D eigenvalue weighted by Crippen LogP contribution is -2.50. The number of aromatic nitrogens is 4. The van der Waals surface area contributed by atoms with Gasteiger partial charge in [-0.2, -0.15) is 0 Å². The van der Waals surface area contributed by atoms with Crippen LogP contribution in [-0.2, 0) is 10.6 Å². The SMILES string of the molecule is CC#Cc1nc(N)c2ncn([C@]3(Oc4ccccc4)O[C@H](CO)[C@@H](O)[C@H]3O)c2n1. The van der Waals surface area contributed by atoms with E-state index in [4.69, 9.17) is 15.2 Å². The molecule has 0 bridgehead atoms. The van der Waals surface area contributed by atoms with Crippen LogP contribution in [0.25, 0.3) is 11.2 Å². The Balaban J connectivity index is 1.93. The number of aliphatic hydroxyl groups excluding tert-OH is 3. The fourth-order valence-electron chi connectivity index (χ4n) is 3.23. The van der Waals surface area contributed by atoms with Crippen LogP contribution in [0.4, 0.5) is 5.82 Å². The van der Waals surface area contributed by atoms with Gasteiger partial charge < -0.3 is 30.5 Å². The van der Waals surface area contributed by atoms with Crippen molar-refractivity contribution in [1.29, 1.82) is 0 Å². The van der Waals surface area contributed by atoms with E-state index in [2.05, 4.69) is 26.8 Å². The van der Waals surface area contributed by atoms with Crippen molar-refractivity contribution >= 4 is 17.0 Å². The standard InChI is InChI=1S/C19H19N5O5/c1-2-6-13-22-17(20)14-18(23-13)24(10-21-14)19(28-11-7-4-3-5-8-11)16(27)15(26)12(9-25)29-19/h3-5,7-8,10,12,15-16,25-27H,9H2,1H3,(H2,20,22,23)/t12-,15-,16-,19-/m1/s1. The molecule has 0 saturated carbocycles. The zero-order valence-corrected chi connectivity index (χ0v) is 15.4. The van der Waals surface area contributed by atoms with Crippen LogP contribution >= 0.6 is 0 Å². The monoisotopic (exact) mass is 397 g/mol. The molecular formula is C19H19N5O5. The molecule has 1 aliphatic heterocycles. The summed E-state index contributed by atoms with van der Waals surface area (Å²) in [5.74, 6) is 4.06. The van der Waals surface area contributed by atoms with Crippen LogP contribution in [0.5, 0.6) is 5.75 Å². The summed E-state index contributed by atoms with van der Waals surface area (Å²) in [5.41, 5.74) is 6.42. The third-order valence-corrected chi connectivity index (χ3v) is 4.58. The van der Waals surface area contributed by atoms with Crippen LogP contribution in [0.3, 0.4) is 0 Å². The molecule has 0 radical (unpaired) electrons. The van der Waals surface area contributed by atoms with Gasteiger partial charge in [0.05, 0.1) is 6.61 Å². The molecule has 29 heavy (non-hydrogen) atoms. The summed E-state index contributed by atoms with van der Waals surface area (Å²) in [6.45, 7) is 1.10. The molecule has 1 saturated heterocycles. The largest absolute Gasteiger partial charge is 0.442 e. The van der Waals surface area contributed by atoms with Crippen molar-refractivity contribution in [2.24, 2.45) is 0 Å². The number of para-hydroxylation sites is 1. The second-order valence-corrected chi connectivity index (χ2v) is 6.41. The van der Waals surface area contributed by atoms with Crippen molar-refractivity contribution < 1.29 is 24.8 Å². The van der Waals surface area contributed by atoms with Crippen molar-refractivity contribution in [2.75, 3.05) is 12.3 Å². The van der Waals surface area contributed by atoms with Gasteiger partial charge in [0.15, 0.2) is 23.1 Å². The predicted molar refractivity (Wildman–Crippen MR) is 101 cm³/mol. The summed E-state index contributed by atoms with van der Waals surface area (Å²) in [5, 5.41) is 30.9. The third kappa shape index (κ3) is 3.06. The summed E-state index contributed by atoms with van der Waals surface area (Å²) < 4.78 is 13.2. The highest BCUT2D eigenvalue weighted by Crippen LogP contribution is 2.39. The minimum Gasteiger partial charge on any atom is -0.442 e. The number of imidazole rings is 1. The van der Waals surface area contributed by atoms with Crippen molar-refractivity contribution in [2.45, 2.75) is 31.1 Å². The van der Waals surface area contributed by atoms with Crippen LogP contribution in [0.1, 0.15) is 12.7 Å². The van der Waals surface area contributed by atoms with Gasteiger partial charge in [-0.25, -0.2) is 19.5 Å². The molecule has 10 heteroatoms. The first-order valence-electron chi connectivity index (χ1n) is 8.83. The van der Waals surface area contributed by atoms with E-state index in [1.54, 1.807) is 37.3 Å². The quantitative estimate of drug-likeness (QED) is 0.431. The van der Waals surface area contributed by atoms with Gasteiger partial charge in [-0.1, -0.05) is 24.1 Å². The number of aliphatic hydroxyl groups is 3. The van der Waals surface area contributed by atoms with Gasteiger partial charge in [-0.15, -0.1) is 0 Å². The topological polar surface area (TPSA) is 149 Å². The molecule has 2 aromatic heterocycles. The summed E-state index contributed by atoms with van der Waals surface area (Å²) in [6, 6.07) is 8.60. The Bertz CT molecular complexity index is 1090. The second kappa shape index (κ2) is 7.31. The molecule has 3 aromatic rings. The van der Waals surface area contributed by atoms with Crippen LogP contribution in [0.2, 0.25) is 0 Å². The second-order valence-electron chi connectivity index (χ2n) is 6.41. The summed E-state index contributed by atoms with van der Waals surface area (Å²) in [7, 11) is 0. The van der Waals surface area contributed by atoms with Crippen molar-refractivity contribution in [1.82, 2.24) is 19.5 Å². The summed E-state index contributed by atoms with van der Waals surface area (Å²) >= 11 is 0. The van der Waals surface area contributed by atoms with Gasteiger partial charge in [0, 0.05) is 0 Å². The van der Waals surface area contributed by atoms with Gasteiger partial charge in [0.1, 0.15) is 24.3 Å². The van der Waals surface area contributed by atoms with E-state index in [1.165, 1.54) is 10.9 Å². The maximum absolute atomic E-state index is 10.9.